The third-order valence-electron chi connectivity index (χ3n) is 6.43. The molecule has 13 nitrogen and oxygen atoms in total. The summed E-state index contributed by atoms with van der Waals surface area (Å²) in [6.07, 6.45) is 1.00. The molecular weight excluding hydrogens is 530 g/mol. The van der Waals surface area contributed by atoms with Gasteiger partial charge in [0.2, 0.25) is 0 Å². The molecular formula is C25H35N5O8S. The lowest BCUT2D eigenvalue weighted by atomic mass is 10.0. The number of aliphatic carboxylic acids is 4. The fraction of sp³-hybridized carbons (Fsp3) is 0.560. The Morgan fingerprint density at radius 2 is 1.26 bits per heavy atom. The van der Waals surface area contributed by atoms with Gasteiger partial charge in [0.05, 0.1) is 26.2 Å². The third kappa shape index (κ3) is 12.9. The highest BCUT2D eigenvalue weighted by atomic mass is 32.2. The molecule has 14 heteroatoms. The zero-order chi connectivity index (χ0) is 28.8. The van der Waals surface area contributed by atoms with Crippen LogP contribution in [0.3, 0.4) is 0 Å². The van der Waals surface area contributed by atoms with Crippen LogP contribution in [0.2, 0.25) is 0 Å². The van der Waals surface area contributed by atoms with Crippen LogP contribution in [0.1, 0.15) is 12.0 Å². The lowest BCUT2D eigenvalue weighted by Crippen LogP contribution is -2.50. The van der Waals surface area contributed by atoms with E-state index in [1.165, 1.54) is 4.90 Å². The Balaban J connectivity index is 2.24. The van der Waals surface area contributed by atoms with Crippen LogP contribution in [-0.2, 0) is 25.6 Å². The zero-order valence-corrected chi connectivity index (χ0v) is 22.5. The fourth-order valence-electron chi connectivity index (χ4n) is 4.52. The van der Waals surface area contributed by atoms with Crippen LogP contribution >= 0.6 is 11.8 Å². The monoisotopic (exact) mass is 565 g/mol. The number of nitrogens with zero attached hydrogens (tertiary/aromatic N) is 5. The number of thiocyanates is 1. The summed E-state index contributed by atoms with van der Waals surface area (Å²) in [7, 11) is 0. The molecule has 2 rings (SSSR count). The van der Waals surface area contributed by atoms with Gasteiger partial charge in [0.15, 0.2) is 0 Å². The van der Waals surface area contributed by atoms with Crippen LogP contribution in [0, 0.1) is 10.7 Å². The Hall–Kier alpha value is -3.22. The molecule has 0 aromatic heterocycles. The van der Waals surface area contributed by atoms with E-state index in [0.29, 0.717) is 58.7 Å². The summed E-state index contributed by atoms with van der Waals surface area (Å²) in [5.74, 6) is -4.28. The normalized spacial score (nSPS) is 16.5. The van der Waals surface area contributed by atoms with Crippen LogP contribution in [0.5, 0.6) is 0 Å². The van der Waals surface area contributed by atoms with E-state index in [9.17, 15) is 39.6 Å². The molecule has 214 valence electrons. The number of carbonyl (C=O) groups is 4. The topological polar surface area (TPSA) is 186 Å². The van der Waals surface area contributed by atoms with Gasteiger partial charge in [-0.3, -0.25) is 38.8 Å². The maximum Gasteiger partial charge on any atom is 0.317 e. The van der Waals surface area contributed by atoms with E-state index in [2.05, 4.69) is 0 Å². The van der Waals surface area contributed by atoms with Crippen molar-refractivity contribution in [1.29, 1.82) is 5.26 Å². The minimum Gasteiger partial charge on any atom is -0.480 e. The van der Waals surface area contributed by atoms with Crippen molar-refractivity contribution in [1.82, 2.24) is 19.6 Å². The van der Waals surface area contributed by atoms with Crippen LogP contribution in [0.15, 0.2) is 29.2 Å². The molecule has 0 spiro atoms. The van der Waals surface area contributed by atoms with E-state index in [1.807, 2.05) is 34.6 Å². The molecule has 0 bridgehead atoms. The molecule has 1 heterocycles. The summed E-state index contributed by atoms with van der Waals surface area (Å²) in [6.45, 7) is 1.54. The van der Waals surface area contributed by atoms with Crippen LogP contribution in [0.25, 0.3) is 0 Å². The first-order valence-electron chi connectivity index (χ1n) is 12.5. The smallest absolute Gasteiger partial charge is 0.317 e. The summed E-state index contributed by atoms with van der Waals surface area (Å²) in [5, 5.41) is 48.4. The molecule has 1 unspecified atom stereocenters. The molecule has 39 heavy (non-hydrogen) atoms. The molecule has 1 aromatic carbocycles. The van der Waals surface area contributed by atoms with Crippen molar-refractivity contribution >= 4 is 35.6 Å². The number of carboxylic acid groups (broad SMARTS) is 4. The van der Waals surface area contributed by atoms with Gasteiger partial charge in [-0.25, -0.2) is 0 Å². The first-order chi connectivity index (χ1) is 18.5. The molecule has 1 aromatic rings. The van der Waals surface area contributed by atoms with Gasteiger partial charge in [0, 0.05) is 56.8 Å². The Bertz CT molecular complexity index is 975. The molecule has 0 amide bonds. The van der Waals surface area contributed by atoms with E-state index in [0.717, 1.165) is 22.2 Å². The molecule has 1 aliphatic rings. The number of hydrogen-bond acceptors (Lipinski definition) is 10. The Morgan fingerprint density at radius 1 is 0.795 bits per heavy atom. The highest BCUT2D eigenvalue weighted by Gasteiger charge is 2.27. The Morgan fingerprint density at radius 3 is 1.67 bits per heavy atom. The lowest BCUT2D eigenvalue weighted by molar-refractivity contribution is -0.143. The molecule has 0 radical (unpaired) electrons. The van der Waals surface area contributed by atoms with Gasteiger partial charge in [-0.05, 0) is 42.3 Å². The highest BCUT2D eigenvalue weighted by molar-refractivity contribution is 8.03. The number of carboxylic acids is 4. The van der Waals surface area contributed by atoms with Gasteiger partial charge in [-0.15, -0.1) is 0 Å². The first-order valence-corrected chi connectivity index (χ1v) is 13.3. The van der Waals surface area contributed by atoms with Crippen molar-refractivity contribution < 1.29 is 39.6 Å². The lowest BCUT2D eigenvalue weighted by Gasteiger charge is -2.35. The van der Waals surface area contributed by atoms with Crippen molar-refractivity contribution in [3.8, 4) is 5.40 Å². The molecule has 1 atom stereocenters. The second-order valence-electron chi connectivity index (χ2n) is 9.36. The van der Waals surface area contributed by atoms with E-state index in [-0.39, 0.29) is 13.1 Å². The maximum absolute atomic E-state index is 11.6. The second kappa shape index (κ2) is 16.7. The Kier molecular flexibility index (Phi) is 13.7. The van der Waals surface area contributed by atoms with Crippen molar-refractivity contribution in [2.45, 2.75) is 23.8 Å². The van der Waals surface area contributed by atoms with Crippen molar-refractivity contribution in [2.24, 2.45) is 0 Å². The third-order valence-corrected chi connectivity index (χ3v) is 7.03. The van der Waals surface area contributed by atoms with Gasteiger partial charge in [-0.2, -0.15) is 5.26 Å². The summed E-state index contributed by atoms with van der Waals surface area (Å²) in [4.78, 5) is 53.6. The number of thioether (sulfide) groups is 1. The van der Waals surface area contributed by atoms with Gasteiger partial charge in [0.1, 0.15) is 5.40 Å². The van der Waals surface area contributed by atoms with E-state index in [1.54, 1.807) is 9.80 Å². The SMILES string of the molecule is N#CSc1ccc(CCC(CN2CCN(CC(=O)O)CCN(CC(=O)O)CC2)N(CC(=O)O)CC(=O)O)cc1. The van der Waals surface area contributed by atoms with Gasteiger partial charge in [-0.1, -0.05) is 12.1 Å². The Labute approximate surface area is 231 Å². The van der Waals surface area contributed by atoms with Crippen molar-refractivity contribution in [2.75, 3.05) is 72.0 Å². The standard InChI is InChI=1S/C25H35N5O8S/c26-18-39-21-5-2-19(3-6-21)1-4-20(30(16-24(35)36)17-25(37)38)13-27-7-9-28(14-22(31)32)11-12-29(10-8-27)15-23(33)34/h2-3,5-6,20H,1,4,7-17H2,(H,31,32)(H,33,34)(H,35,36)(H,37,38). The van der Waals surface area contributed by atoms with Crippen LogP contribution in [0.4, 0.5) is 0 Å². The highest BCUT2D eigenvalue weighted by Crippen LogP contribution is 2.19. The molecule has 0 saturated carbocycles. The van der Waals surface area contributed by atoms with Gasteiger partial charge < -0.3 is 20.4 Å². The molecule has 1 fully saturated rings. The molecule has 1 aliphatic heterocycles. The summed E-state index contributed by atoms with van der Waals surface area (Å²) in [5.41, 5.74) is 0.956. The zero-order valence-electron chi connectivity index (χ0n) is 21.6. The summed E-state index contributed by atoms with van der Waals surface area (Å²) >= 11 is 1.04. The second-order valence-corrected chi connectivity index (χ2v) is 10.2. The number of hydrogen-bond donors (Lipinski definition) is 4. The molecule has 4 N–H and O–H groups in total. The minimum atomic E-state index is -1.15. The fourth-order valence-corrected chi connectivity index (χ4v) is 4.90. The average Bonchev–Trinajstić information content (AvgIpc) is 2.93. The van der Waals surface area contributed by atoms with Crippen molar-refractivity contribution in [3.63, 3.8) is 0 Å². The summed E-state index contributed by atoms with van der Waals surface area (Å²) < 4.78 is 0. The van der Waals surface area contributed by atoms with Gasteiger partial charge in [0.25, 0.3) is 0 Å². The van der Waals surface area contributed by atoms with Crippen LogP contribution < -0.4 is 0 Å². The minimum absolute atomic E-state index is 0.192. The number of aryl methyl sites for hydroxylation is 1. The van der Waals surface area contributed by atoms with Gasteiger partial charge >= 0.3 is 23.9 Å². The van der Waals surface area contributed by atoms with E-state index >= 15 is 0 Å². The summed E-state index contributed by atoms with van der Waals surface area (Å²) in [6, 6.07) is 6.94. The number of benzene rings is 1. The maximum atomic E-state index is 11.6. The average molecular weight is 566 g/mol. The quantitative estimate of drug-likeness (QED) is 0.166. The van der Waals surface area contributed by atoms with Crippen molar-refractivity contribution in [3.05, 3.63) is 29.8 Å². The van der Waals surface area contributed by atoms with E-state index in [4.69, 9.17) is 5.26 Å². The van der Waals surface area contributed by atoms with E-state index < -0.39 is 43.0 Å². The van der Waals surface area contributed by atoms with Crippen LogP contribution in [-0.4, -0.2) is 142 Å². The predicted octanol–water partition coefficient (Wildman–Crippen LogP) is 0.121. The molecule has 0 aliphatic carbocycles. The largest absolute Gasteiger partial charge is 0.480 e. The number of rotatable bonds is 15. The molecule has 1 saturated heterocycles. The predicted molar refractivity (Wildman–Crippen MR) is 141 cm³/mol. The first kappa shape index (κ1) is 32.0. The number of nitriles is 1.